The molecule has 2 fully saturated rings. The third-order valence-electron chi connectivity index (χ3n) is 8.53. The van der Waals surface area contributed by atoms with Crippen molar-refractivity contribution in [2.75, 3.05) is 44.2 Å². The Morgan fingerprint density at radius 2 is 2.00 bits per heavy atom. The van der Waals surface area contributed by atoms with Crippen molar-refractivity contribution >= 4 is 45.1 Å². The number of carbonyl (C=O) groups is 1. The molecule has 0 bridgehead atoms. The smallest absolute Gasteiger partial charge is 0.319 e. The minimum atomic E-state index is -2.72. The second kappa shape index (κ2) is 11.6. The number of aromatic amines is 1. The number of nitrogens with zero attached hydrogens (tertiary/aromatic N) is 6. The number of benzene rings is 2. The molecule has 44 heavy (non-hydrogen) atoms. The number of hydrogen-bond donors (Lipinski definition) is 1. The number of anilines is 1. The van der Waals surface area contributed by atoms with Gasteiger partial charge in [-0.3, -0.25) is 14.8 Å². The first-order valence-electron chi connectivity index (χ1n) is 14.5. The van der Waals surface area contributed by atoms with Crippen LogP contribution in [0.25, 0.3) is 32.9 Å². The quantitative estimate of drug-likeness (QED) is 0.267. The van der Waals surface area contributed by atoms with E-state index in [0.29, 0.717) is 35.2 Å². The molecule has 1 amide bonds. The third-order valence-corrected chi connectivity index (χ3v) is 8.83. The van der Waals surface area contributed by atoms with Crippen LogP contribution in [0.15, 0.2) is 37.1 Å². The van der Waals surface area contributed by atoms with Gasteiger partial charge in [0.05, 0.1) is 23.3 Å². The number of nitrogens with one attached hydrogen (secondary N) is 1. The van der Waals surface area contributed by atoms with Crippen LogP contribution in [0.2, 0.25) is 5.02 Å². The van der Waals surface area contributed by atoms with Crippen molar-refractivity contribution in [1.82, 2.24) is 30.0 Å². The molecule has 2 aromatic carbocycles. The van der Waals surface area contributed by atoms with Gasteiger partial charge in [-0.25, -0.2) is 13.2 Å². The van der Waals surface area contributed by atoms with E-state index in [-0.39, 0.29) is 72.8 Å². The van der Waals surface area contributed by atoms with E-state index in [1.54, 1.807) is 22.1 Å². The lowest BCUT2D eigenvalue weighted by Crippen LogP contribution is -2.58. The molecule has 0 saturated carbocycles. The molecule has 2 aliphatic heterocycles. The van der Waals surface area contributed by atoms with Gasteiger partial charge < -0.3 is 14.5 Å². The number of ether oxygens (including phenoxy) is 1. The molecule has 0 unspecified atom stereocenters. The normalized spacial score (nSPS) is 20.5. The molecule has 4 aromatic rings. The first kappa shape index (κ1) is 30.1. The van der Waals surface area contributed by atoms with Gasteiger partial charge in [-0.05, 0) is 44.5 Å². The highest BCUT2D eigenvalue weighted by molar-refractivity contribution is 6.35. The van der Waals surface area contributed by atoms with Gasteiger partial charge in [0.2, 0.25) is 5.91 Å². The fraction of sp³-hybridized carbons (Fsp3) is 0.419. The Labute approximate surface area is 257 Å². The maximum Gasteiger partial charge on any atom is 0.319 e. The summed E-state index contributed by atoms with van der Waals surface area (Å²) < 4.78 is 50.1. The number of likely N-dealkylation sites (tertiary alicyclic amines) is 1. The number of hydrogen-bond acceptors (Lipinski definition) is 7. The molecule has 0 spiro atoms. The summed E-state index contributed by atoms with van der Waals surface area (Å²) in [7, 11) is 0. The zero-order chi connectivity index (χ0) is 31.3. The molecular formula is C31H33ClF3N7O2. The summed E-state index contributed by atoms with van der Waals surface area (Å²) in [6.45, 7) is 10.4. The summed E-state index contributed by atoms with van der Waals surface area (Å²) in [6.07, 6.45) is 2.73. The second-order valence-electron chi connectivity index (χ2n) is 11.6. The minimum absolute atomic E-state index is 0.0152. The molecule has 4 heterocycles. The Kier molecular flexibility index (Phi) is 7.91. The number of fused-ring (bicyclic) bond motifs is 2. The number of rotatable bonds is 7. The van der Waals surface area contributed by atoms with Gasteiger partial charge >= 0.3 is 6.01 Å². The van der Waals surface area contributed by atoms with E-state index in [9.17, 15) is 13.6 Å². The number of H-pyrrole nitrogens is 1. The van der Waals surface area contributed by atoms with Crippen LogP contribution in [0, 0.1) is 12.7 Å². The van der Waals surface area contributed by atoms with E-state index in [1.807, 2.05) is 37.8 Å². The molecule has 13 heteroatoms. The number of carbonyl (C=O) groups excluding carboxylic acids is 1. The summed E-state index contributed by atoms with van der Waals surface area (Å²) in [5.74, 6) is -3.12. The number of piperazine rings is 1. The van der Waals surface area contributed by atoms with Gasteiger partial charge in [0, 0.05) is 66.6 Å². The predicted octanol–water partition coefficient (Wildman–Crippen LogP) is 5.61. The molecule has 6 rings (SSSR count). The van der Waals surface area contributed by atoms with Crippen LogP contribution in [0.4, 0.5) is 19.0 Å². The molecule has 2 atom stereocenters. The largest absolute Gasteiger partial charge is 0.462 e. The van der Waals surface area contributed by atoms with E-state index in [0.717, 1.165) is 11.1 Å². The Morgan fingerprint density at radius 1 is 1.20 bits per heavy atom. The Hall–Kier alpha value is -3.90. The summed E-state index contributed by atoms with van der Waals surface area (Å²) in [5, 5.41) is 8.33. The molecule has 232 valence electrons. The van der Waals surface area contributed by atoms with Crippen LogP contribution in [0.5, 0.6) is 6.01 Å². The molecule has 0 radical (unpaired) electrons. The van der Waals surface area contributed by atoms with Crippen LogP contribution in [0.3, 0.4) is 0 Å². The van der Waals surface area contributed by atoms with Gasteiger partial charge in [0.1, 0.15) is 17.9 Å². The van der Waals surface area contributed by atoms with E-state index in [4.69, 9.17) is 21.3 Å². The SMILES string of the molecule is C=CC(=O)N1C[C@H](C)N(c2nc(OCCN3CCC(F)(F)C3)nc3c(F)c(-c4c(C)ccc5[nH]ncc45)c(Cl)cc23)C[C@H]1C. The van der Waals surface area contributed by atoms with Gasteiger partial charge in [-0.1, -0.05) is 24.2 Å². The van der Waals surface area contributed by atoms with Crippen LogP contribution >= 0.6 is 11.6 Å². The highest BCUT2D eigenvalue weighted by Gasteiger charge is 2.38. The van der Waals surface area contributed by atoms with Gasteiger partial charge in [-0.15, -0.1) is 0 Å². The van der Waals surface area contributed by atoms with Crippen molar-refractivity contribution < 1.29 is 22.7 Å². The Morgan fingerprint density at radius 3 is 2.73 bits per heavy atom. The lowest BCUT2D eigenvalue weighted by molar-refractivity contribution is -0.128. The van der Waals surface area contributed by atoms with E-state index in [2.05, 4.69) is 21.8 Å². The lowest BCUT2D eigenvalue weighted by Gasteiger charge is -2.44. The summed E-state index contributed by atoms with van der Waals surface area (Å²) >= 11 is 6.85. The highest BCUT2D eigenvalue weighted by Crippen LogP contribution is 2.42. The minimum Gasteiger partial charge on any atom is -0.462 e. The van der Waals surface area contributed by atoms with E-state index in [1.165, 1.54) is 6.08 Å². The maximum absolute atomic E-state index is 16.8. The monoisotopic (exact) mass is 627 g/mol. The van der Waals surface area contributed by atoms with Gasteiger partial charge in [-0.2, -0.15) is 15.1 Å². The number of aromatic nitrogens is 4. The molecule has 9 nitrogen and oxygen atoms in total. The molecular weight excluding hydrogens is 595 g/mol. The van der Waals surface area contributed by atoms with Crippen molar-refractivity contribution in [2.24, 2.45) is 0 Å². The molecule has 2 aliphatic rings. The number of halogens is 4. The second-order valence-corrected chi connectivity index (χ2v) is 12.0. The van der Waals surface area contributed by atoms with Crippen molar-refractivity contribution in [3.63, 3.8) is 0 Å². The fourth-order valence-corrected chi connectivity index (χ4v) is 6.53. The maximum atomic E-state index is 16.8. The zero-order valence-corrected chi connectivity index (χ0v) is 25.5. The van der Waals surface area contributed by atoms with Crippen LogP contribution in [-0.2, 0) is 4.79 Å². The standard InChI is InChI=1S/C31H33ClF3N7O2/c1-5-24(43)41-14-19(4)42(15-18(41)3)29-20-12-22(32)26(25-17(2)6-7-23-21(25)13-36-39-23)27(33)28(20)37-30(38-29)44-11-10-40-9-8-31(34,35)16-40/h5-7,12-13,18-19H,1,8-11,14-16H2,2-4H3,(H,36,39)/t18-,19+/m1/s1. The zero-order valence-electron chi connectivity index (χ0n) is 24.7. The first-order valence-corrected chi connectivity index (χ1v) is 14.9. The molecule has 2 aromatic heterocycles. The highest BCUT2D eigenvalue weighted by atomic mass is 35.5. The number of alkyl halides is 2. The van der Waals surface area contributed by atoms with Crippen molar-refractivity contribution in [3.05, 3.63) is 53.5 Å². The van der Waals surface area contributed by atoms with Crippen molar-refractivity contribution in [2.45, 2.75) is 45.2 Å². The topological polar surface area (TPSA) is 90.5 Å². The predicted molar refractivity (Wildman–Crippen MR) is 164 cm³/mol. The van der Waals surface area contributed by atoms with Crippen molar-refractivity contribution in [3.8, 4) is 17.1 Å². The average Bonchev–Trinajstić information content (AvgIpc) is 3.60. The lowest BCUT2D eigenvalue weighted by atomic mass is 9.95. The van der Waals surface area contributed by atoms with Crippen LogP contribution in [-0.4, -0.2) is 93.2 Å². The average molecular weight is 628 g/mol. The van der Waals surface area contributed by atoms with Crippen molar-refractivity contribution in [1.29, 1.82) is 0 Å². The summed E-state index contributed by atoms with van der Waals surface area (Å²) in [5.41, 5.74) is 2.33. The summed E-state index contributed by atoms with van der Waals surface area (Å²) in [6, 6.07) is 4.94. The Balaban J connectivity index is 1.45. The van der Waals surface area contributed by atoms with E-state index >= 15 is 4.39 Å². The molecule has 1 N–H and O–H groups in total. The Bertz CT molecular complexity index is 1760. The molecule has 0 aliphatic carbocycles. The van der Waals surface area contributed by atoms with Gasteiger partial charge in [0.25, 0.3) is 5.92 Å². The third kappa shape index (κ3) is 5.45. The van der Waals surface area contributed by atoms with Crippen LogP contribution in [0.1, 0.15) is 25.8 Å². The summed E-state index contributed by atoms with van der Waals surface area (Å²) in [4.78, 5) is 27.0. The molecule has 2 saturated heterocycles. The van der Waals surface area contributed by atoms with Gasteiger partial charge in [0.15, 0.2) is 5.82 Å². The van der Waals surface area contributed by atoms with Crippen LogP contribution < -0.4 is 9.64 Å². The number of amides is 1. The number of aryl methyl sites for hydroxylation is 1. The first-order chi connectivity index (χ1) is 21.0. The fourth-order valence-electron chi connectivity index (χ4n) is 6.24. The van der Waals surface area contributed by atoms with E-state index < -0.39 is 11.7 Å².